The lowest BCUT2D eigenvalue weighted by Crippen LogP contribution is -2.50. The molecule has 1 N–H and O–H groups in total. The zero-order valence-electron chi connectivity index (χ0n) is 18.6. The molecular formula is C21H43N3O4. The summed E-state index contributed by atoms with van der Waals surface area (Å²) in [6, 6.07) is 0.697. The van der Waals surface area contributed by atoms with Crippen LogP contribution in [0.4, 0.5) is 0 Å². The lowest BCUT2D eigenvalue weighted by atomic mass is 10.1. The van der Waals surface area contributed by atoms with Gasteiger partial charge in [0.2, 0.25) is 5.91 Å². The van der Waals surface area contributed by atoms with Gasteiger partial charge in [-0.15, -0.1) is 0 Å². The fourth-order valence-corrected chi connectivity index (χ4v) is 3.03. The lowest BCUT2D eigenvalue weighted by Gasteiger charge is -2.37. The molecule has 0 bridgehead atoms. The van der Waals surface area contributed by atoms with Crippen LogP contribution in [0.2, 0.25) is 0 Å². The number of ether oxygens (including phenoxy) is 3. The standard InChI is InChI=1S/C21H43N3O4/c1-5-19(3)21(25)22-7-13-26-15-17-28-18-16-27-14-12-23-8-10-24(11-9-23)20(4)6-2/h19-20H,5-18H2,1-4H3,(H,22,25). The average molecular weight is 402 g/mol. The summed E-state index contributed by atoms with van der Waals surface area (Å²) in [5.74, 6) is 0.162. The van der Waals surface area contributed by atoms with Gasteiger partial charge in [-0.3, -0.25) is 14.6 Å². The van der Waals surface area contributed by atoms with Crippen molar-refractivity contribution in [3.05, 3.63) is 0 Å². The van der Waals surface area contributed by atoms with E-state index >= 15 is 0 Å². The third-order valence-corrected chi connectivity index (χ3v) is 5.52. The van der Waals surface area contributed by atoms with Crippen LogP contribution in [0.25, 0.3) is 0 Å². The molecule has 28 heavy (non-hydrogen) atoms. The van der Waals surface area contributed by atoms with E-state index in [2.05, 4.69) is 29.0 Å². The molecule has 7 nitrogen and oxygen atoms in total. The van der Waals surface area contributed by atoms with Crippen LogP contribution >= 0.6 is 0 Å². The summed E-state index contributed by atoms with van der Waals surface area (Å²) >= 11 is 0. The molecule has 0 saturated carbocycles. The quantitative estimate of drug-likeness (QED) is 0.397. The summed E-state index contributed by atoms with van der Waals surface area (Å²) in [7, 11) is 0. The van der Waals surface area contributed by atoms with Crippen molar-refractivity contribution in [2.45, 2.75) is 46.6 Å². The maximum absolute atomic E-state index is 11.6. The van der Waals surface area contributed by atoms with E-state index in [9.17, 15) is 4.79 Å². The largest absolute Gasteiger partial charge is 0.378 e. The predicted octanol–water partition coefficient (Wildman–Crippen LogP) is 1.61. The second kappa shape index (κ2) is 16.1. The highest BCUT2D eigenvalue weighted by Gasteiger charge is 2.19. The molecule has 0 aliphatic carbocycles. The van der Waals surface area contributed by atoms with Crippen LogP contribution in [-0.2, 0) is 19.0 Å². The highest BCUT2D eigenvalue weighted by atomic mass is 16.5. The van der Waals surface area contributed by atoms with Crippen molar-refractivity contribution in [2.75, 3.05) is 78.9 Å². The zero-order valence-corrected chi connectivity index (χ0v) is 18.6. The van der Waals surface area contributed by atoms with Gasteiger partial charge in [0.15, 0.2) is 0 Å². The monoisotopic (exact) mass is 401 g/mol. The number of rotatable bonds is 16. The van der Waals surface area contributed by atoms with E-state index in [1.165, 1.54) is 19.5 Å². The molecular weight excluding hydrogens is 358 g/mol. The van der Waals surface area contributed by atoms with Gasteiger partial charge in [0, 0.05) is 51.2 Å². The van der Waals surface area contributed by atoms with E-state index in [4.69, 9.17) is 14.2 Å². The zero-order chi connectivity index (χ0) is 20.6. The van der Waals surface area contributed by atoms with Crippen molar-refractivity contribution in [1.29, 1.82) is 0 Å². The molecule has 1 amide bonds. The molecule has 2 atom stereocenters. The SMILES string of the molecule is CCC(C)C(=O)NCCOCCOCCOCCN1CCN(C(C)CC)CC1. The van der Waals surface area contributed by atoms with Gasteiger partial charge in [-0.1, -0.05) is 20.8 Å². The van der Waals surface area contributed by atoms with Crippen LogP contribution in [0.15, 0.2) is 0 Å². The minimum absolute atomic E-state index is 0.0673. The molecule has 1 fully saturated rings. The van der Waals surface area contributed by atoms with E-state index in [1.807, 2.05) is 13.8 Å². The molecule has 7 heteroatoms. The van der Waals surface area contributed by atoms with Crippen LogP contribution in [0.1, 0.15) is 40.5 Å². The molecule has 0 aromatic rings. The van der Waals surface area contributed by atoms with Crippen molar-refractivity contribution >= 4 is 5.91 Å². The molecule has 1 aliphatic rings. The highest BCUT2D eigenvalue weighted by Crippen LogP contribution is 2.08. The topological polar surface area (TPSA) is 63.3 Å². The Balaban J connectivity index is 1.82. The normalized spacial score (nSPS) is 18.1. The van der Waals surface area contributed by atoms with Gasteiger partial charge < -0.3 is 19.5 Å². The van der Waals surface area contributed by atoms with Crippen molar-refractivity contribution < 1.29 is 19.0 Å². The Bertz CT molecular complexity index is 390. The van der Waals surface area contributed by atoms with Crippen molar-refractivity contribution in [3.8, 4) is 0 Å². The molecule has 0 spiro atoms. The number of nitrogens with zero attached hydrogens (tertiary/aromatic N) is 2. The van der Waals surface area contributed by atoms with E-state index in [0.717, 1.165) is 32.7 Å². The van der Waals surface area contributed by atoms with Gasteiger partial charge in [0.1, 0.15) is 0 Å². The fourth-order valence-electron chi connectivity index (χ4n) is 3.03. The summed E-state index contributed by atoms with van der Waals surface area (Å²) in [5.41, 5.74) is 0. The minimum atomic E-state index is 0.0673. The van der Waals surface area contributed by atoms with Gasteiger partial charge >= 0.3 is 0 Å². The van der Waals surface area contributed by atoms with Gasteiger partial charge in [-0.05, 0) is 19.8 Å². The number of amides is 1. The second-order valence-electron chi connectivity index (χ2n) is 7.57. The molecule has 0 aromatic carbocycles. The summed E-state index contributed by atoms with van der Waals surface area (Å²) in [5, 5.41) is 2.86. The Morgan fingerprint density at radius 3 is 2.00 bits per heavy atom. The maximum atomic E-state index is 11.6. The number of carbonyl (C=O) groups excluding carboxylic acids is 1. The molecule has 1 saturated heterocycles. The van der Waals surface area contributed by atoms with Gasteiger partial charge in [-0.2, -0.15) is 0 Å². The molecule has 1 heterocycles. The predicted molar refractivity (Wildman–Crippen MR) is 113 cm³/mol. The van der Waals surface area contributed by atoms with Crippen LogP contribution in [0.3, 0.4) is 0 Å². The Kier molecular flexibility index (Phi) is 14.6. The van der Waals surface area contributed by atoms with Gasteiger partial charge in [0.05, 0.1) is 39.6 Å². The number of hydrogen-bond donors (Lipinski definition) is 1. The van der Waals surface area contributed by atoms with Crippen molar-refractivity contribution in [2.24, 2.45) is 5.92 Å². The van der Waals surface area contributed by atoms with E-state index < -0.39 is 0 Å². The highest BCUT2D eigenvalue weighted by molar-refractivity contribution is 5.78. The molecule has 2 unspecified atom stereocenters. The van der Waals surface area contributed by atoms with Crippen molar-refractivity contribution in [3.63, 3.8) is 0 Å². The first kappa shape index (κ1) is 25.3. The van der Waals surface area contributed by atoms with Gasteiger partial charge in [0.25, 0.3) is 0 Å². The first-order chi connectivity index (χ1) is 13.6. The van der Waals surface area contributed by atoms with E-state index in [-0.39, 0.29) is 11.8 Å². The average Bonchev–Trinajstić information content (AvgIpc) is 2.73. The molecule has 1 rings (SSSR count). The smallest absolute Gasteiger partial charge is 0.222 e. The van der Waals surface area contributed by atoms with Gasteiger partial charge in [-0.25, -0.2) is 0 Å². The first-order valence-corrected chi connectivity index (χ1v) is 11.1. The number of hydrogen-bond acceptors (Lipinski definition) is 6. The molecule has 1 aliphatic heterocycles. The van der Waals surface area contributed by atoms with Crippen LogP contribution in [-0.4, -0.2) is 101 Å². The number of carbonyl (C=O) groups is 1. The van der Waals surface area contributed by atoms with Crippen LogP contribution in [0, 0.1) is 5.92 Å². The fraction of sp³-hybridized carbons (Fsp3) is 0.952. The Morgan fingerprint density at radius 2 is 1.43 bits per heavy atom. The molecule has 166 valence electrons. The van der Waals surface area contributed by atoms with Crippen LogP contribution in [0.5, 0.6) is 0 Å². The summed E-state index contributed by atoms with van der Waals surface area (Å²) in [6.45, 7) is 18.3. The third-order valence-electron chi connectivity index (χ3n) is 5.52. The molecule has 0 aromatic heterocycles. The summed E-state index contributed by atoms with van der Waals surface area (Å²) in [6.07, 6.45) is 2.08. The number of nitrogens with one attached hydrogen (secondary N) is 1. The van der Waals surface area contributed by atoms with Crippen LogP contribution < -0.4 is 5.32 Å². The Hall–Kier alpha value is -0.730. The first-order valence-electron chi connectivity index (χ1n) is 11.1. The molecule has 0 radical (unpaired) electrons. The number of piperazine rings is 1. The van der Waals surface area contributed by atoms with Crippen molar-refractivity contribution in [1.82, 2.24) is 15.1 Å². The summed E-state index contributed by atoms with van der Waals surface area (Å²) < 4.78 is 16.6. The Labute approximate surface area is 172 Å². The summed E-state index contributed by atoms with van der Waals surface area (Å²) in [4.78, 5) is 16.6. The minimum Gasteiger partial charge on any atom is -0.378 e. The second-order valence-corrected chi connectivity index (χ2v) is 7.57. The lowest BCUT2D eigenvalue weighted by molar-refractivity contribution is -0.124. The third kappa shape index (κ3) is 11.3. The maximum Gasteiger partial charge on any atom is 0.222 e. The Morgan fingerprint density at radius 1 is 0.857 bits per heavy atom. The van der Waals surface area contributed by atoms with E-state index in [0.29, 0.717) is 45.6 Å². The van der Waals surface area contributed by atoms with E-state index in [1.54, 1.807) is 0 Å².